The minimum atomic E-state index is -0.185. The molecular formula is C17H21FN2O. The van der Waals surface area contributed by atoms with Crippen molar-refractivity contribution >= 4 is 0 Å². The van der Waals surface area contributed by atoms with Crippen LogP contribution in [0.15, 0.2) is 48.5 Å². The predicted octanol–water partition coefficient (Wildman–Crippen LogP) is 2.97. The van der Waals surface area contributed by atoms with Gasteiger partial charge in [0.2, 0.25) is 0 Å². The molecule has 0 fully saturated rings. The van der Waals surface area contributed by atoms with Crippen LogP contribution in [0.25, 0.3) is 0 Å². The van der Waals surface area contributed by atoms with Crippen LogP contribution in [0.4, 0.5) is 4.39 Å². The Hall–Kier alpha value is -1.91. The van der Waals surface area contributed by atoms with Crippen LogP contribution < -0.4 is 10.5 Å². The molecular weight excluding hydrogens is 267 g/mol. The third kappa shape index (κ3) is 4.03. The summed E-state index contributed by atoms with van der Waals surface area (Å²) in [5, 5.41) is 0. The molecule has 0 bridgehead atoms. The van der Waals surface area contributed by atoms with Gasteiger partial charge in [-0.25, -0.2) is 4.39 Å². The summed E-state index contributed by atoms with van der Waals surface area (Å²) in [6, 6.07) is 14.3. The van der Waals surface area contributed by atoms with E-state index >= 15 is 0 Å². The molecule has 3 nitrogen and oxygen atoms in total. The molecule has 21 heavy (non-hydrogen) atoms. The lowest BCUT2D eigenvalue weighted by Gasteiger charge is -2.23. The van der Waals surface area contributed by atoms with E-state index < -0.39 is 0 Å². The van der Waals surface area contributed by atoms with Gasteiger partial charge in [-0.1, -0.05) is 36.4 Å². The molecule has 2 N–H and O–H groups in total. The number of methoxy groups -OCH3 is 1. The fraction of sp³-hybridized carbons (Fsp3) is 0.294. The maximum absolute atomic E-state index is 13.7. The first kappa shape index (κ1) is 15.5. The van der Waals surface area contributed by atoms with E-state index in [0.717, 1.165) is 11.3 Å². The van der Waals surface area contributed by atoms with E-state index in [1.54, 1.807) is 19.2 Å². The van der Waals surface area contributed by atoms with E-state index in [1.807, 2.05) is 42.3 Å². The van der Waals surface area contributed by atoms with E-state index in [0.29, 0.717) is 18.7 Å². The molecule has 0 spiro atoms. The van der Waals surface area contributed by atoms with Crippen molar-refractivity contribution in [2.75, 3.05) is 20.7 Å². The molecule has 1 atom stereocenters. The van der Waals surface area contributed by atoms with Gasteiger partial charge in [0.05, 0.1) is 7.11 Å². The number of nitrogens with zero attached hydrogens (tertiary/aromatic N) is 1. The van der Waals surface area contributed by atoms with Crippen molar-refractivity contribution < 1.29 is 9.13 Å². The SMILES string of the molecule is COc1ccccc1C(N)CN(C)Cc1ccccc1F. The smallest absolute Gasteiger partial charge is 0.127 e. The first-order chi connectivity index (χ1) is 10.1. The Morgan fingerprint density at radius 1 is 1.14 bits per heavy atom. The predicted molar refractivity (Wildman–Crippen MR) is 82.7 cm³/mol. The second-order valence-electron chi connectivity index (χ2n) is 5.14. The van der Waals surface area contributed by atoms with Crippen molar-refractivity contribution in [2.45, 2.75) is 12.6 Å². The lowest BCUT2D eigenvalue weighted by Crippen LogP contribution is -2.29. The van der Waals surface area contributed by atoms with Crippen molar-refractivity contribution in [1.29, 1.82) is 0 Å². The molecule has 0 aliphatic rings. The summed E-state index contributed by atoms with van der Waals surface area (Å²) in [5.74, 6) is 0.597. The summed E-state index contributed by atoms with van der Waals surface area (Å²) in [4.78, 5) is 2.01. The van der Waals surface area contributed by atoms with Gasteiger partial charge in [-0.15, -0.1) is 0 Å². The highest BCUT2D eigenvalue weighted by molar-refractivity contribution is 5.35. The Morgan fingerprint density at radius 3 is 2.52 bits per heavy atom. The summed E-state index contributed by atoms with van der Waals surface area (Å²) < 4.78 is 19.0. The number of benzene rings is 2. The molecule has 0 aliphatic heterocycles. The summed E-state index contributed by atoms with van der Waals surface area (Å²) in [6.07, 6.45) is 0. The number of rotatable bonds is 6. The molecule has 0 aromatic heterocycles. The first-order valence-electron chi connectivity index (χ1n) is 6.92. The molecule has 0 saturated carbocycles. The second kappa shape index (κ2) is 7.20. The van der Waals surface area contributed by atoms with Gasteiger partial charge in [0.1, 0.15) is 11.6 Å². The highest BCUT2D eigenvalue weighted by atomic mass is 19.1. The molecule has 2 aromatic carbocycles. The number of ether oxygens (including phenoxy) is 1. The fourth-order valence-corrected chi connectivity index (χ4v) is 2.39. The molecule has 0 radical (unpaired) electrons. The van der Waals surface area contributed by atoms with Crippen LogP contribution in [-0.2, 0) is 6.54 Å². The maximum atomic E-state index is 13.7. The highest BCUT2D eigenvalue weighted by Crippen LogP contribution is 2.24. The van der Waals surface area contributed by atoms with Crippen LogP contribution in [0.3, 0.4) is 0 Å². The van der Waals surface area contributed by atoms with Gasteiger partial charge >= 0.3 is 0 Å². The number of hydrogen-bond donors (Lipinski definition) is 1. The minimum Gasteiger partial charge on any atom is -0.496 e. The van der Waals surface area contributed by atoms with Crippen LogP contribution in [0.5, 0.6) is 5.75 Å². The van der Waals surface area contributed by atoms with Crippen molar-refractivity contribution in [3.8, 4) is 5.75 Å². The van der Waals surface area contributed by atoms with E-state index in [9.17, 15) is 4.39 Å². The summed E-state index contributed by atoms with van der Waals surface area (Å²) in [5.41, 5.74) is 7.88. The molecule has 2 aromatic rings. The molecule has 2 rings (SSSR count). The van der Waals surface area contributed by atoms with Crippen molar-refractivity contribution in [3.63, 3.8) is 0 Å². The third-order valence-corrected chi connectivity index (χ3v) is 3.44. The monoisotopic (exact) mass is 288 g/mol. The molecule has 1 unspecified atom stereocenters. The van der Waals surface area contributed by atoms with Gasteiger partial charge in [0.25, 0.3) is 0 Å². The number of halogens is 1. The molecule has 112 valence electrons. The Kier molecular flexibility index (Phi) is 5.31. The normalized spacial score (nSPS) is 12.4. The van der Waals surface area contributed by atoms with Crippen LogP contribution in [0.2, 0.25) is 0 Å². The number of likely N-dealkylation sites (N-methyl/N-ethyl adjacent to an activating group) is 1. The Labute approximate surface area is 125 Å². The summed E-state index contributed by atoms with van der Waals surface area (Å²) >= 11 is 0. The van der Waals surface area contributed by atoms with E-state index in [1.165, 1.54) is 6.07 Å². The average Bonchev–Trinajstić information content (AvgIpc) is 2.49. The summed E-state index contributed by atoms with van der Waals surface area (Å²) in [7, 11) is 3.57. The van der Waals surface area contributed by atoms with Crippen molar-refractivity contribution in [3.05, 3.63) is 65.5 Å². The first-order valence-corrected chi connectivity index (χ1v) is 6.92. The van der Waals surface area contributed by atoms with Crippen molar-refractivity contribution in [2.24, 2.45) is 5.73 Å². The lowest BCUT2D eigenvalue weighted by atomic mass is 10.1. The molecule has 0 saturated heterocycles. The number of nitrogens with two attached hydrogens (primary N) is 1. The molecule has 0 amide bonds. The van der Waals surface area contributed by atoms with Gasteiger partial charge in [-0.2, -0.15) is 0 Å². The molecule has 0 aliphatic carbocycles. The standard InChI is InChI=1S/C17H21FN2O/c1-20(11-13-7-3-5-9-15(13)18)12-16(19)14-8-4-6-10-17(14)21-2/h3-10,16H,11-12,19H2,1-2H3. The van der Waals surface area contributed by atoms with Crippen LogP contribution in [-0.4, -0.2) is 25.6 Å². The zero-order valence-corrected chi connectivity index (χ0v) is 12.4. The van der Waals surface area contributed by atoms with Gasteiger partial charge in [-0.05, 0) is 19.2 Å². The lowest BCUT2D eigenvalue weighted by molar-refractivity contribution is 0.297. The second-order valence-corrected chi connectivity index (χ2v) is 5.14. The van der Waals surface area contributed by atoms with Gasteiger partial charge in [0, 0.05) is 30.3 Å². The largest absolute Gasteiger partial charge is 0.496 e. The Morgan fingerprint density at radius 2 is 1.81 bits per heavy atom. The van der Waals surface area contributed by atoms with E-state index in [-0.39, 0.29) is 11.9 Å². The van der Waals surface area contributed by atoms with Crippen molar-refractivity contribution in [1.82, 2.24) is 4.90 Å². The average molecular weight is 288 g/mol. The fourth-order valence-electron chi connectivity index (χ4n) is 2.39. The minimum absolute atomic E-state index is 0.182. The Balaban J connectivity index is 2.02. The molecule has 4 heteroatoms. The van der Waals surface area contributed by atoms with Crippen LogP contribution in [0.1, 0.15) is 17.2 Å². The van der Waals surface area contributed by atoms with Gasteiger partial charge in [0.15, 0.2) is 0 Å². The topological polar surface area (TPSA) is 38.5 Å². The molecule has 0 heterocycles. The number of hydrogen-bond acceptors (Lipinski definition) is 3. The van der Waals surface area contributed by atoms with E-state index in [4.69, 9.17) is 10.5 Å². The zero-order chi connectivity index (χ0) is 15.2. The van der Waals surface area contributed by atoms with Gasteiger partial charge < -0.3 is 15.4 Å². The third-order valence-electron chi connectivity index (χ3n) is 3.44. The van der Waals surface area contributed by atoms with E-state index in [2.05, 4.69) is 0 Å². The summed E-state index contributed by atoms with van der Waals surface area (Å²) in [6.45, 7) is 1.14. The van der Waals surface area contributed by atoms with Gasteiger partial charge in [-0.3, -0.25) is 0 Å². The van der Waals surface area contributed by atoms with Crippen LogP contribution in [0, 0.1) is 5.82 Å². The Bertz CT molecular complexity index is 589. The van der Waals surface area contributed by atoms with Crippen LogP contribution >= 0.6 is 0 Å². The highest BCUT2D eigenvalue weighted by Gasteiger charge is 2.14. The quantitative estimate of drug-likeness (QED) is 0.888. The number of para-hydroxylation sites is 1. The maximum Gasteiger partial charge on any atom is 0.127 e. The zero-order valence-electron chi connectivity index (χ0n) is 12.4.